The number of para-hydroxylation sites is 1. The van der Waals surface area contributed by atoms with Gasteiger partial charge in [0.05, 0.1) is 30.6 Å². The molecule has 0 bridgehead atoms. The number of furan rings is 2. The van der Waals surface area contributed by atoms with Crippen molar-refractivity contribution < 1.29 is 23.2 Å². The summed E-state index contributed by atoms with van der Waals surface area (Å²) in [7, 11) is 1.54. The average Bonchev–Trinajstić information content (AvgIpc) is 3.41. The Hall–Kier alpha value is -3.33. The molecule has 3 rings (SSSR count). The van der Waals surface area contributed by atoms with E-state index >= 15 is 0 Å². The summed E-state index contributed by atoms with van der Waals surface area (Å²) in [4.78, 5) is 38.5. The van der Waals surface area contributed by atoms with Crippen molar-refractivity contribution in [1.29, 1.82) is 0 Å². The van der Waals surface area contributed by atoms with Crippen LogP contribution in [0, 0.1) is 0 Å². The van der Waals surface area contributed by atoms with Crippen LogP contribution in [-0.4, -0.2) is 31.3 Å². The fourth-order valence-electron chi connectivity index (χ4n) is 2.58. The number of benzene rings is 1. The number of nitrogens with one attached hydrogen (secondary N) is 2. The van der Waals surface area contributed by atoms with E-state index in [0.29, 0.717) is 16.1 Å². The lowest BCUT2D eigenvalue weighted by molar-refractivity contribution is -0.120. The van der Waals surface area contributed by atoms with Crippen molar-refractivity contribution in [3.05, 3.63) is 76.5 Å². The lowest BCUT2D eigenvalue weighted by Crippen LogP contribution is -2.37. The maximum absolute atomic E-state index is 12.6. The molecule has 0 radical (unpaired) electrons. The molecule has 2 N–H and O–H groups in total. The van der Waals surface area contributed by atoms with Crippen molar-refractivity contribution in [3.63, 3.8) is 0 Å². The highest BCUT2D eigenvalue weighted by Gasteiger charge is 2.22. The second kappa shape index (κ2) is 9.24. The number of nitrogens with zero attached hydrogens (tertiary/aromatic N) is 1. The van der Waals surface area contributed by atoms with Crippen LogP contribution in [0.3, 0.4) is 0 Å². The first kappa shape index (κ1) is 20.4. The normalized spacial score (nSPS) is 10.4. The molecule has 0 spiro atoms. The molecular weight excluding hydrogens is 442 g/mol. The smallest absolute Gasteiger partial charge is 0.293 e. The van der Waals surface area contributed by atoms with Gasteiger partial charge in [0, 0.05) is 7.05 Å². The van der Waals surface area contributed by atoms with Crippen molar-refractivity contribution >= 4 is 39.3 Å². The number of halogens is 1. The first-order valence-corrected chi connectivity index (χ1v) is 9.44. The van der Waals surface area contributed by atoms with E-state index in [9.17, 15) is 14.4 Å². The van der Waals surface area contributed by atoms with Gasteiger partial charge in [-0.25, -0.2) is 0 Å². The summed E-state index contributed by atoms with van der Waals surface area (Å²) in [6.07, 6.45) is 1.51. The van der Waals surface area contributed by atoms with Crippen LogP contribution >= 0.6 is 15.9 Å². The van der Waals surface area contributed by atoms with E-state index in [2.05, 4.69) is 26.6 Å². The van der Waals surface area contributed by atoms with Gasteiger partial charge in [-0.2, -0.15) is 0 Å². The van der Waals surface area contributed by atoms with Gasteiger partial charge in [-0.3, -0.25) is 14.4 Å². The molecule has 0 saturated heterocycles. The zero-order valence-electron chi connectivity index (χ0n) is 15.5. The van der Waals surface area contributed by atoms with Gasteiger partial charge in [0.25, 0.3) is 11.8 Å². The van der Waals surface area contributed by atoms with Crippen LogP contribution in [0.2, 0.25) is 0 Å². The van der Waals surface area contributed by atoms with Crippen molar-refractivity contribution in [2.24, 2.45) is 0 Å². The third-order valence-corrected chi connectivity index (χ3v) is 4.47. The Kier molecular flexibility index (Phi) is 6.50. The Bertz CT molecular complexity index is 1010. The van der Waals surface area contributed by atoms with Gasteiger partial charge >= 0.3 is 0 Å². The predicted octanol–water partition coefficient (Wildman–Crippen LogP) is 2.96. The molecule has 0 saturated carbocycles. The minimum absolute atomic E-state index is 0.131. The van der Waals surface area contributed by atoms with Gasteiger partial charge in [0.1, 0.15) is 5.76 Å². The van der Waals surface area contributed by atoms with Gasteiger partial charge < -0.3 is 24.4 Å². The van der Waals surface area contributed by atoms with Crippen LogP contribution in [0.25, 0.3) is 0 Å². The largest absolute Gasteiger partial charge is 0.467 e. The molecule has 2 aromatic heterocycles. The zero-order chi connectivity index (χ0) is 20.8. The predicted molar refractivity (Wildman–Crippen MR) is 108 cm³/mol. The highest BCUT2D eigenvalue weighted by Crippen LogP contribution is 2.23. The fraction of sp³-hybridized carbons (Fsp3) is 0.150. The van der Waals surface area contributed by atoms with Gasteiger partial charge in [-0.1, -0.05) is 12.1 Å². The molecule has 8 nitrogen and oxygen atoms in total. The lowest BCUT2D eigenvalue weighted by atomic mass is 10.1. The maximum Gasteiger partial charge on any atom is 0.293 e. The summed E-state index contributed by atoms with van der Waals surface area (Å²) in [5.41, 5.74) is 0.645. The Morgan fingerprint density at radius 3 is 2.52 bits per heavy atom. The van der Waals surface area contributed by atoms with E-state index < -0.39 is 11.8 Å². The van der Waals surface area contributed by atoms with Crippen molar-refractivity contribution in [2.45, 2.75) is 6.54 Å². The SMILES string of the molecule is CN(C(=O)c1ccc(Br)o1)c1ccccc1C(=O)NCC(=O)NCc1ccco1. The monoisotopic (exact) mass is 459 g/mol. The van der Waals surface area contributed by atoms with Gasteiger partial charge in [0.15, 0.2) is 10.4 Å². The summed E-state index contributed by atoms with van der Waals surface area (Å²) in [6, 6.07) is 13.2. The molecule has 150 valence electrons. The molecule has 1 aromatic carbocycles. The number of carbonyl (C=O) groups excluding carboxylic acids is 3. The van der Waals surface area contributed by atoms with Crippen LogP contribution in [-0.2, 0) is 11.3 Å². The summed E-state index contributed by atoms with van der Waals surface area (Å²) < 4.78 is 10.9. The van der Waals surface area contributed by atoms with E-state index in [4.69, 9.17) is 8.83 Å². The van der Waals surface area contributed by atoms with Gasteiger partial charge in [0.2, 0.25) is 5.91 Å². The van der Waals surface area contributed by atoms with E-state index in [1.54, 1.807) is 49.5 Å². The minimum atomic E-state index is -0.478. The average molecular weight is 460 g/mol. The van der Waals surface area contributed by atoms with Crippen molar-refractivity contribution in [1.82, 2.24) is 10.6 Å². The maximum atomic E-state index is 12.6. The van der Waals surface area contributed by atoms with Crippen LogP contribution < -0.4 is 15.5 Å². The molecule has 9 heteroatoms. The third-order valence-electron chi connectivity index (χ3n) is 4.05. The van der Waals surface area contributed by atoms with E-state index in [1.807, 2.05) is 0 Å². The number of hydrogen-bond acceptors (Lipinski definition) is 5. The molecule has 3 amide bonds. The summed E-state index contributed by atoms with van der Waals surface area (Å²) in [5, 5.41) is 5.20. The zero-order valence-corrected chi connectivity index (χ0v) is 17.1. The standard InChI is InChI=1S/C20H18BrN3O5/c1-24(20(27)16-8-9-17(21)29-16)15-7-3-2-6-14(15)19(26)23-12-18(25)22-11-13-5-4-10-28-13/h2-10H,11-12H2,1H3,(H,22,25)(H,23,26). The molecule has 0 unspecified atom stereocenters. The van der Waals surface area contributed by atoms with Crippen LogP contribution in [0.15, 0.2) is 68.3 Å². The number of hydrogen-bond donors (Lipinski definition) is 2. The van der Waals surface area contributed by atoms with E-state index in [0.717, 1.165) is 0 Å². The highest BCUT2D eigenvalue weighted by molar-refractivity contribution is 9.10. The molecule has 3 aromatic rings. The van der Waals surface area contributed by atoms with E-state index in [1.165, 1.54) is 17.2 Å². The Balaban J connectivity index is 1.63. The topological polar surface area (TPSA) is 105 Å². The first-order chi connectivity index (χ1) is 14.0. The van der Waals surface area contributed by atoms with Gasteiger partial charge in [-0.15, -0.1) is 0 Å². The summed E-state index contributed by atoms with van der Waals surface area (Å²) in [5.74, 6) is -0.509. The summed E-state index contributed by atoms with van der Waals surface area (Å²) in [6.45, 7) is 0.0188. The molecule has 0 aliphatic carbocycles. The Labute approximate surface area is 175 Å². The van der Waals surface area contributed by atoms with Crippen LogP contribution in [0.4, 0.5) is 5.69 Å². The number of amides is 3. The molecule has 0 fully saturated rings. The van der Waals surface area contributed by atoms with Crippen molar-refractivity contribution in [2.75, 3.05) is 18.5 Å². The minimum Gasteiger partial charge on any atom is -0.467 e. The number of rotatable bonds is 7. The lowest BCUT2D eigenvalue weighted by Gasteiger charge is -2.19. The van der Waals surface area contributed by atoms with Crippen LogP contribution in [0.5, 0.6) is 0 Å². The molecular formula is C20H18BrN3O5. The number of anilines is 1. The number of carbonyl (C=O) groups is 3. The van der Waals surface area contributed by atoms with Crippen molar-refractivity contribution in [3.8, 4) is 0 Å². The molecule has 2 heterocycles. The second-order valence-corrected chi connectivity index (χ2v) is 6.81. The molecule has 0 aliphatic rings. The molecule has 0 aliphatic heterocycles. The quantitative estimate of drug-likeness (QED) is 0.564. The van der Waals surface area contributed by atoms with Crippen LogP contribution in [0.1, 0.15) is 26.7 Å². The second-order valence-electron chi connectivity index (χ2n) is 6.02. The Morgan fingerprint density at radius 2 is 1.83 bits per heavy atom. The molecule has 29 heavy (non-hydrogen) atoms. The third kappa shape index (κ3) is 5.14. The Morgan fingerprint density at radius 1 is 1.03 bits per heavy atom. The fourth-order valence-corrected chi connectivity index (χ4v) is 2.89. The van der Waals surface area contributed by atoms with Gasteiger partial charge in [-0.05, 0) is 52.3 Å². The van der Waals surface area contributed by atoms with E-state index in [-0.39, 0.29) is 30.3 Å². The summed E-state index contributed by atoms with van der Waals surface area (Å²) >= 11 is 3.16. The molecule has 0 atom stereocenters. The first-order valence-electron chi connectivity index (χ1n) is 8.65. The highest BCUT2D eigenvalue weighted by atomic mass is 79.9.